The molecule has 0 unspecified atom stereocenters. The molecule has 1 fully saturated rings. The van der Waals surface area contributed by atoms with E-state index in [0.717, 1.165) is 18.2 Å². The Balaban J connectivity index is 1.78. The van der Waals surface area contributed by atoms with E-state index < -0.39 is 53.4 Å². The maximum atomic E-state index is 14.2. The third-order valence-electron chi connectivity index (χ3n) is 5.63. The molecule has 0 radical (unpaired) electrons. The van der Waals surface area contributed by atoms with E-state index in [1.54, 1.807) is 4.90 Å². The average Bonchev–Trinajstić information content (AvgIpc) is 2.91. The van der Waals surface area contributed by atoms with Crippen LogP contribution in [0, 0.1) is 5.82 Å². The van der Waals surface area contributed by atoms with Gasteiger partial charge >= 0.3 is 12.8 Å². The second-order valence-corrected chi connectivity index (χ2v) is 8.39. The first-order valence-corrected chi connectivity index (χ1v) is 11.8. The van der Waals surface area contributed by atoms with Crippen molar-refractivity contribution in [1.29, 1.82) is 0 Å². The van der Waals surface area contributed by atoms with Crippen LogP contribution in [0.2, 0.25) is 0 Å². The van der Waals surface area contributed by atoms with Crippen LogP contribution in [-0.2, 0) is 15.7 Å². The normalized spacial score (nSPS) is 13.6. The van der Waals surface area contributed by atoms with Gasteiger partial charge in [0.2, 0.25) is 5.95 Å². The van der Waals surface area contributed by atoms with Crippen molar-refractivity contribution in [2.75, 3.05) is 47.2 Å². The van der Waals surface area contributed by atoms with Gasteiger partial charge in [0.25, 0.3) is 5.91 Å². The molecule has 1 amide bonds. The number of para-hydroxylation sites is 1. The second-order valence-electron chi connectivity index (χ2n) is 8.39. The summed E-state index contributed by atoms with van der Waals surface area (Å²) in [5.41, 5.74) is -1.89. The van der Waals surface area contributed by atoms with Crippen molar-refractivity contribution < 1.29 is 45.0 Å². The standard InChI is InChI=1S/C25H21F7N6O3/c1-13(26)22(39)35-17-10-18(20(41-23(28)29)11-19(17)38-6-8-40-9-7-38)36-24-33-12-14(25(30,31)32)21(37-24)34-16-5-3-2-4-15(16)27/h2-5,10-12,23H,1,6-9H2,(H,35,39)(H2,33,34,36,37). The molecule has 3 N–H and O–H groups in total. The Morgan fingerprint density at radius 2 is 1.78 bits per heavy atom. The summed E-state index contributed by atoms with van der Waals surface area (Å²) in [6.45, 7) is 0.702. The molecule has 1 saturated heterocycles. The lowest BCUT2D eigenvalue weighted by molar-refractivity contribution is -0.137. The molecule has 2 aromatic carbocycles. The molecule has 1 aliphatic rings. The number of benzene rings is 2. The Morgan fingerprint density at radius 1 is 1.07 bits per heavy atom. The SMILES string of the molecule is C=C(F)C(=O)Nc1cc(Nc2ncc(C(F)(F)F)c(Nc3ccccc3F)n2)c(OC(F)F)cc1N1CCOCC1. The molecular weight excluding hydrogens is 565 g/mol. The number of alkyl halides is 5. The highest BCUT2D eigenvalue weighted by atomic mass is 19.4. The summed E-state index contributed by atoms with van der Waals surface area (Å²) in [6.07, 6.45) is -4.54. The zero-order chi connectivity index (χ0) is 29.7. The Morgan fingerprint density at radius 3 is 2.41 bits per heavy atom. The quantitative estimate of drug-likeness (QED) is 0.208. The van der Waals surface area contributed by atoms with Crippen molar-refractivity contribution >= 4 is 40.4 Å². The lowest BCUT2D eigenvalue weighted by atomic mass is 10.1. The van der Waals surface area contributed by atoms with E-state index in [1.807, 2.05) is 0 Å². The summed E-state index contributed by atoms with van der Waals surface area (Å²) in [5, 5.41) is 7.01. The highest BCUT2D eigenvalue weighted by molar-refractivity contribution is 6.04. The number of halogens is 7. The van der Waals surface area contributed by atoms with E-state index in [4.69, 9.17) is 4.74 Å². The minimum absolute atomic E-state index is 0.0727. The number of anilines is 6. The Labute approximate surface area is 228 Å². The number of amides is 1. The van der Waals surface area contributed by atoms with E-state index in [2.05, 4.69) is 37.2 Å². The predicted molar refractivity (Wildman–Crippen MR) is 135 cm³/mol. The van der Waals surface area contributed by atoms with Gasteiger partial charge in [-0.3, -0.25) is 4.79 Å². The van der Waals surface area contributed by atoms with Gasteiger partial charge in [-0.2, -0.15) is 26.9 Å². The Bertz CT molecular complexity index is 1430. The van der Waals surface area contributed by atoms with Gasteiger partial charge in [-0.15, -0.1) is 0 Å². The Kier molecular flexibility index (Phi) is 8.80. The van der Waals surface area contributed by atoms with Crippen LogP contribution in [-0.4, -0.2) is 48.8 Å². The van der Waals surface area contributed by atoms with Crippen LogP contribution in [0.1, 0.15) is 5.56 Å². The average molecular weight is 586 g/mol. The van der Waals surface area contributed by atoms with Crippen molar-refractivity contribution in [3.8, 4) is 5.75 Å². The number of nitrogens with one attached hydrogen (secondary N) is 3. The molecule has 2 heterocycles. The summed E-state index contributed by atoms with van der Waals surface area (Å²) >= 11 is 0. The van der Waals surface area contributed by atoms with Crippen LogP contribution < -0.4 is 25.6 Å². The Hall–Kier alpha value is -4.60. The first kappa shape index (κ1) is 29.4. The number of aromatic nitrogens is 2. The molecule has 1 aliphatic heterocycles. The third kappa shape index (κ3) is 7.33. The van der Waals surface area contributed by atoms with Gasteiger partial charge < -0.3 is 30.3 Å². The maximum Gasteiger partial charge on any atom is 0.421 e. The number of carbonyl (C=O) groups excluding carboxylic acids is 1. The molecule has 0 aliphatic carbocycles. The molecule has 9 nitrogen and oxygen atoms in total. The maximum absolute atomic E-state index is 14.2. The first-order valence-electron chi connectivity index (χ1n) is 11.8. The van der Waals surface area contributed by atoms with E-state index >= 15 is 0 Å². The number of nitrogens with zero attached hydrogens (tertiary/aromatic N) is 3. The van der Waals surface area contributed by atoms with Gasteiger partial charge in [-0.1, -0.05) is 18.7 Å². The van der Waals surface area contributed by atoms with E-state index in [9.17, 15) is 35.5 Å². The highest BCUT2D eigenvalue weighted by Crippen LogP contribution is 2.41. The van der Waals surface area contributed by atoms with Gasteiger partial charge in [0.1, 0.15) is 17.2 Å². The number of hydrogen-bond donors (Lipinski definition) is 3. The fourth-order valence-electron chi connectivity index (χ4n) is 3.77. The van der Waals surface area contributed by atoms with Crippen LogP contribution in [0.25, 0.3) is 0 Å². The molecule has 1 aromatic heterocycles. The molecule has 0 atom stereocenters. The smallest absolute Gasteiger partial charge is 0.421 e. The lowest BCUT2D eigenvalue weighted by Gasteiger charge is -2.31. The largest absolute Gasteiger partial charge is 0.433 e. The number of carbonyl (C=O) groups is 1. The van der Waals surface area contributed by atoms with Gasteiger partial charge in [-0.05, 0) is 18.2 Å². The van der Waals surface area contributed by atoms with Crippen LogP contribution >= 0.6 is 0 Å². The first-order chi connectivity index (χ1) is 19.4. The van der Waals surface area contributed by atoms with E-state index in [0.29, 0.717) is 6.20 Å². The molecule has 4 rings (SSSR count). The summed E-state index contributed by atoms with van der Waals surface area (Å²) in [6, 6.07) is 7.12. The fraction of sp³-hybridized carbons (Fsp3) is 0.240. The van der Waals surface area contributed by atoms with Crippen molar-refractivity contribution in [2.24, 2.45) is 0 Å². The van der Waals surface area contributed by atoms with Gasteiger partial charge in [0.15, 0.2) is 11.6 Å². The third-order valence-corrected chi connectivity index (χ3v) is 5.63. The zero-order valence-electron chi connectivity index (χ0n) is 20.9. The van der Waals surface area contributed by atoms with Crippen LogP contribution in [0.15, 0.2) is 55.0 Å². The van der Waals surface area contributed by atoms with Gasteiger partial charge in [0.05, 0.1) is 36.0 Å². The lowest BCUT2D eigenvalue weighted by Crippen LogP contribution is -2.36. The molecular formula is C25H21F7N6O3. The predicted octanol–water partition coefficient (Wildman–Crippen LogP) is 5.98. The summed E-state index contributed by atoms with van der Waals surface area (Å²) < 4.78 is 105. The van der Waals surface area contributed by atoms with Crippen molar-refractivity contribution in [3.05, 3.63) is 66.4 Å². The highest BCUT2D eigenvalue weighted by Gasteiger charge is 2.35. The van der Waals surface area contributed by atoms with Gasteiger partial charge in [0, 0.05) is 25.4 Å². The van der Waals surface area contributed by atoms with Crippen LogP contribution in [0.3, 0.4) is 0 Å². The topological polar surface area (TPSA) is 101 Å². The molecule has 0 bridgehead atoms. The van der Waals surface area contributed by atoms with Crippen molar-refractivity contribution in [1.82, 2.24) is 9.97 Å². The molecule has 16 heteroatoms. The van der Waals surface area contributed by atoms with E-state index in [1.165, 1.54) is 18.2 Å². The number of hydrogen-bond acceptors (Lipinski definition) is 8. The number of morpholine rings is 1. The van der Waals surface area contributed by atoms with Crippen LogP contribution in [0.5, 0.6) is 5.75 Å². The monoisotopic (exact) mass is 586 g/mol. The summed E-state index contributed by atoms with van der Waals surface area (Å²) in [5.74, 6) is -5.31. The summed E-state index contributed by atoms with van der Waals surface area (Å²) in [4.78, 5) is 21.1. The number of rotatable bonds is 9. The molecule has 218 valence electrons. The minimum atomic E-state index is -4.94. The van der Waals surface area contributed by atoms with Crippen molar-refractivity contribution in [2.45, 2.75) is 12.8 Å². The zero-order valence-corrected chi connectivity index (χ0v) is 20.9. The molecule has 0 spiro atoms. The fourth-order valence-corrected chi connectivity index (χ4v) is 3.77. The second kappa shape index (κ2) is 12.3. The molecule has 3 aromatic rings. The molecule has 41 heavy (non-hydrogen) atoms. The van der Waals surface area contributed by atoms with Crippen LogP contribution in [0.4, 0.5) is 65.2 Å². The van der Waals surface area contributed by atoms with Gasteiger partial charge in [-0.25, -0.2) is 13.8 Å². The number of ether oxygens (including phenoxy) is 2. The molecule has 0 saturated carbocycles. The van der Waals surface area contributed by atoms with E-state index in [-0.39, 0.29) is 49.1 Å². The summed E-state index contributed by atoms with van der Waals surface area (Å²) in [7, 11) is 0. The van der Waals surface area contributed by atoms with Crippen molar-refractivity contribution in [3.63, 3.8) is 0 Å². The minimum Gasteiger partial charge on any atom is -0.433 e.